The Balaban J connectivity index is 1.59. The van der Waals surface area contributed by atoms with Gasteiger partial charge in [-0.25, -0.2) is 0 Å². The SMILES string of the molecule is CCCCCN(CC(=O)N1CCc2ccccc2C1C)C(=O)COCc1ccccc1. The molecular weight excluding hydrogens is 388 g/mol. The first kappa shape index (κ1) is 23.0. The van der Waals surface area contributed by atoms with E-state index in [1.807, 2.05) is 47.4 Å². The molecule has 0 bridgehead atoms. The van der Waals surface area contributed by atoms with Gasteiger partial charge in [-0.05, 0) is 36.5 Å². The van der Waals surface area contributed by atoms with E-state index >= 15 is 0 Å². The van der Waals surface area contributed by atoms with E-state index in [4.69, 9.17) is 4.74 Å². The first-order valence-electron chi connectivity index (χ1n) is 11.4. The molecular formula is C26H34N2O3. The van der Waals surface area contributed by atoms with Crippen molar-refractivity contribution in [2.24, 2.45) is 0 Å². The third kappa shape index (κ3) is 6.41. The van der Waals surface area contributed by atoms with E-state index in [-0.39, 0.29) is 31.0 Å². The molecule has 3 rings (SSSR count). The number of amides is 2. The Kier molecular flexibility index (Phi) is 8.65. The maximum Gasteiger partial charge on any atom is 0.249 e. The molecule has 0 saturated heterocycles. The fourth-order valence-corrected chi connectivity index (χ4v) is 4.13. The van der Waals surface area contributed by atoms with Crippen LogP contribution in [0.25, 0.3) is 0 Å². The summed E-state index contributed by atoms with van der Waals surface area (Å²) in [6.07, 6.45) is 3.86. The van der Waals surface area contributed by atoms with Gasteiger partial charge < -0.3 is 14.5 Å². The number of benzene rings is 2. The summed E-state index contributed by atoms with van der Waals surface area (Å²) in [6, 6.07) is 18.1. The van der Waals surface area contributed by atoms with Crippen molar-refractivity contribution in [3.63, 3.8) is 0 Å². The van der Waals surface area contributed by atoms with Crippen LogP contribution in [0.15, 0.2) is 54.6 Å². The molecule has 1 aliphatic rings. The molecule has 0 spiro atoms. The van der Waals surface area contributed by atoms with Crippen LogP contribution < -0.4 is 0 Å². The van der Waals surface area contributed by atoms with Gasteiger partial charge in [0.25, 0.3) is 0 Å². The normalized spacial score (nSPS) is 15.4. The molecule has 0 aliphatic carbocycles. The van der Waals surface area contributed by atoms with Crippen molar-refractivity contribution in [3.05, 3.63) is 71.3 Å². The summed E-state index contributed by atoms with van der Waals surface area (Å²) in [5, 5.41) is 0. The molecule has 0 saturated carbocycles. The van der Waals surface area contributed by atoms with Crippen LogP contribution in [0.2, 0.25) is 0 Å². The van der Waals surface area contributed by atoms with Crippen molar-refractivity contribution in [3.8, 4) is 0 Å². The molecule has 0 aromatic heterocycles. The van der Waals surface area contributed by atoms with Gasteiger partial charge in [-0.1, -0.05) is 74.4 Å². The van der Waals surface area contributed by atoms with Crippen molar-refractivity contribution in [2.45, 2.75) is 52.2 Å². The lowest BCUT2D eigenvalue weighted by molar-refractivity contribution is -0.144. The number of fused-ring (bicyclic) bond motifs is 1. The Bertz CT molecular complexity index is 853. The number of rotatable bonds is 10. The van der Waals surface area contributed by atoms with Gasteiger partial charge in [-0.3, -0.25) is 9.59 Å². The monoisotopic (exact) mass is 422 g/mol. The third-order valence-corrected chi connectivity index (χ3v) is 5.96. The molecule has 1 heterocycles. The maximum absolute atomic E-state index is 13.2. The zero-order chi connectivity index (χ0) is 22.1. The lowest BCUT2D eigenvalue weighted by Gasteiger charge is -2.36. The lowest BCUT2D eigenvalue weighted by atomic mass is 9.93. The Morgan fingerprint density at radius 2 is 1.81 bits per heavy atom. The van der Waals surface area contributed by atoms with Gasteiger partial charge in [-0.15, -0.1) is 0 Å². The minimum Gasteiger partial charge on any atom is -0.367 e. The number of unbranched alkanes of at least 4 members (excludes halogenated alkanes) is 2. The number of hydrogen-bond acceptors (Lipinski definition) is 3. The minimum atomic E-state index is -0.120. The Morgan fingerprint density at radius 1 is 1.06 bits per heavy atom. The third-order valence-electron chi connectivity index (χ3n) is 5.96. The summed E-state index contributed by atoms with van der Waals surface area (Å²) >= 11 is 0. The van der Waals surface area contributed by atoms with E-state index in [9.17, 15) is 9.59 Å². The average molecular weight is 423 g/mol. The molecule has 5 nitrogen and oxygen atoms in total. The van der Waals surface area contributed by atoms with Crippen LogP contribution in [-0.2, 0) is 27.4 Å². The largest absolute Gasteiger partial charge is 0.367 e. The quantitative estimate of drug-likeness (QED) is 0.534. The van der Waals surface area contributed by atoms with Gasteiger partial charge in [0.05, 0.1) is 19.2 Å². The van der Waals surface area contributed by atoms with E-state index in [1.54, 1.807) is 4.90 Å². The highest BCUT2D eigenvalue weighted by atomic mass is 16.5. The molecule has 1 atom stereocenters. The van der Waals surface area contributed by atoms with Crippen molar-refractivity contribution < 1.29 is 14.3 Å². The summed E-state index contributed by atoms with van der Waals surface area (Å²) in [4.78, 5) is 29.6. The predicted octanol–water partition coefficient (Wildman–Crippen LogP) is 4.37. The molecule has 2 amide bonds. The number of carbonyl (C=O) groups excluding carboxylic acids is 2. The fraction of sp³-hybridized carbons (Fsp3) is 0.462. The molecule has 31 heavy (non-hydrogen) atoms. The zero-order valence-corrected chi connectivity index (χ0v) is 18.8. The van der Waals surface area contributed by atoms with Crippen LogP contribution in [0.1, 0.15) is 55.8 Å². The van der Waals surface area contributed by atoms with Crippen molar-refractivity contribution in [1.82, 2.24) is 9.80 Å². The highest BCUT2D eigenvalue weighted by Crippen LogP contribution is 2.29. The van der Waals surface area contributed by atoms with Crippen molar-refractivity contribution >= 4 is 11.8 Å². The molecule has 2 aromatic carbocycles. The Labute approximate surface area is 186 Å². The van der Waals surface area contributed by atoms with Crippen LogP contribution in [0.5, 0.6) is 0 Å². The van der Waals surface area contributed by atoms with E-state index in [2.05, 4.69) is 26.0 Å². The smallest absolute Gasteiger partial charge is 0.249 e. The van der Waals surface area contributed by atoms with Gasteiger partial charge in [0.1, 0.15) is 6.61 Å². The van der Waals surface area contributed by atoms with Crippen molar-refractivity contribution in [2.75, 3.05) is 26.2 Å². The number of carbonyl (C=O) groups is 2. The van der Waals surface area contributed by atoms with E-state index < -0.39 is 0 Å². The zero-order valence-electron chi connectivity index (χ0n) is 18.8. The topological polar surface area (TPSA) is 49.9 Å². The second-order valence-electron chi connectivity index (χ2n) is 8.21. The summed E-state index contributed by atoms with van der Waals surface area (Å²) in [5.41, 5.74) is 3.55. The molecule has 0 radical (unpaired) electrons. The Hall–Kier alpha value is -2.66. The standard InChI is InChI=1S/C26H34N2O3/c1-3-4-10-16-27(26(30)20-31-19-22-11-6-5-7-12-22)18-25(29)28-17-15-23-13-8-9-14-24(23)21(28)2/h5-9,11-14,21H,3-4,10,15-20H2,1-2H3. The van der Waals surface area contributed by atoms with E-state index in [1.165, 1.54) is 11.1 Å². The molecule has 166 valence electrons. The highest BCUT2D eigenvalue weighted by molar-refractivity contribution is 5.85. The summed E-state index contributed by atoms with van der Waals surface area (Å²) in [5.74, 6) is -0.111. The molecule has 5 heteroatoms. The Morgan fingerprint density at radius 3 is 2.58 bits per heavy atom. The average Bonchev–Trinajstić information content (AvgIpc) is 2.79. The van der Waals surface area contributed by atoms with Gasteiger partial charge in [-0.2, -0.15) is 0 Å². The number of nitrogens with zero attached hydrogens (tertiary/aromatic N) is 2. The van der Waals surface area contributed by atoms with Gasteiger partial charge in [0.15, 0.2) is 0 Å². The van der Waals surface area contributed by atoms with Gasteiger partial charge >= 0.3 is 0 Å². The lowest BCUT2D eigenvalue weighted by Crippen LogP contribution is -2.47. The first-order chi connectivity index (χ1) is 15.1. The molecule has 0 N–H and O–H groups in total. The minimum absolute atomic E-state index is 0.00726. The van der Waals surface area contributed by atoms with Crippen LogP contribution in [0.4, 0.5) is 0 Å². The second-order valence-corrected chi connectivity index (χ2v) is 8.21. The molecule has 2 aromatic rings. The first-order valence-corrected chi connectivity index (χ1v) is 11.4. The molecule has 0 fully saturated rings. The summed E-state index contributed by atoms with van der Waals surface area (Å²) in [6.45, 7) is 5.99. The predicted molar refractivity (Wildman–Crippen MR) is 122 cm³/mol. The summed E-state index contributed by atoms with van der Waals surface area (Å²) < 4.78 is 5.65. The second kappa shape index (κ2) is 11.7. The van der Waals surface area contributed by atoms with Gasteiger partial charge in [0.2, 0.25) is 11.8 Å². The van der Waals surface area contributed by atoms with Crippen LogP contribution in [0, 0.1) is 0 Å². The number of ether oxygens (including phenoxy) is 1. The van der Waals surface area contributed by atoms with Crippen molar-refractivity contribution in [1.29, 1.82) is 0 Å². The fourth-order valence-electron chi connectivity index (χ4n) is 4.13. The van der Waals surface area contributed by atoms with E-state index in [0.29, 0.717) is 19.7 Å². The maximum atomic E-state index is 13.2. The van der Waals surface area contributed by atoms with Crippen LogP contribution in [0.3, 0.4) is 0 Å². The van der Waals surface area contributed by atoms with Crippen LogP contribution >= 0.6 is 0 Å². The van der Waals surface area contributed by atoms with Crippen LogP contribution in [-0.4, -0.2) is 47.9 Å². The highest BCUT2D eigenvalue weighted by Gasteiger charge is 2.29. The number of hydrogen-bond donors (Lipinski definition) is 0. The van der Waals surface area contributed by atoms with E-state index in [0.717, 1.165) is 31.2 Å². The molecule has 1 unspecified atom stereocenters. The molecule has 1 aliphatic heterocycles. The summed E-state index contributed by atoms with van der Waals surface area (Å²) in [7, 11) is 0. The van der Waals surface area contributed by atoms with Gasteiger partial charge in [0, 0.05) is 13.1 Å².